The van der Waals surface area contributed by atoms with Gasteiger partial charge in [-0.05, 0) is 39.8 Å². The van der Waals surface area contributed by atoms with E-state index < -0.39 is 12.7 Å². The van der Waals surface area contributed by atoms with E-state index >= 15 is 0 Å². The van der Waals surface area contributed by atoms with Gasteiger partial charge in [0.05, 0.1) is 6.54 Å². The second kappa shape index (κ2) is 11.3. The Labute approximate surface area is 132 Å². The normalized spacial score (nSPS) is 12.6. The van der Waals surface area contributed by atoms with Gasteiger partial charge in [0.25, 0.3) is 0 Å². The number of nitrogens with one attached hydrogen (secondary N) is 1. The lowest BCUT2D eigenvalue weighted by molar-refractivity contribution is -0.143. The fourth-order valence-electron chi connectivity index (χ4n) is 1.96. The van der Waals surface area contributed by atoms with E-state index in [-0.39, 0.29) is 0 Å². The van der Waals surface area contributed by atoms with Gasteiger partial charge in [0.15, 0.2) is 5.96 Å². The molecule has 0 aliphatic carbocycles. The van der Waals surface area contributed by atoms with Gasteiger partial charge in [-0.1, -0.05) is 6.08 Å². The second-order valence-electron chi connectivity index (χ2n) is 5.29. The molecule has 0 atom stereocenters. The van der Waals surface area contributed by atoms with Crippen LogP contribution < -0.4 is 5.32 Å². The van der Waals surface area contributed by atoms with Gasteiger partial charge in [-0.15, -0.1) is 6.58 Å². The maximum atomic E-state index is 12.2. The molecule has 0 fully saturated rings. The zero-order chi connectivity index (χ0) is 17.0. The van der Waals surface area contributed by atoms with E-state index in [0.29, 0.717) is 19.5 Å². The summed E-state index contributed by atoms with van der Waals surface area (Å²) in [4.78, 5) is 7.77. The average molecular weight is 322 g/mol. The van der Waals surface area contributed by atoms with Crippen molar-refractivity contribution in [3.63, 3.8) is 0 Å². The Hall–Kier alpha value is -1.24. The van der Waals surface area contributed by atoms with Crippen molar-refractivity contribution in [2.75, 3.05) is 46.8 Å². The molecule has 0 amide bonds. The van der Waals surface area contributed by atoms with Crippen molar-refractivity contribution < 1.29 is 13.2 Å². The van der Waals surface area contributed by atoms with Crippen molar-refractivity contribution in [1.29, 1.82) is 0 Å². The molecule has 0 unspecified atom stereocenters. The van der Waals surface area contributed by atoms with Crippen LogP contribution in [0.1, 0.15) is 26.2 Å². The van der Waals surface area contributed by atoms with Crippen LogP contribution in [-0.2, 0) is 0 Å². The molecule has 130 valence electrons. The van der Waals surface area contributed by atoms with E-state index in [1.807, 2.05) is 24.9 Å². The number of nitrogens with zero attached hydrogens (tertiary/aromatic N) is 3. The molecule has 0 heterocycles. The zero-order valence-corrected chi connectivity index (χ0v) is 13.9. The highest BCUT2D eigenvalue weighted by Gasteiger charge is 2.28. The topological polar surface area (TPSA) is 30.9 Å². The first kappa shape index (κ1) is 20.8. The largest absolute Gasteiger partial charge is 0.401 e. The van der Waals surface area contributed by atoms with E-state index in [0.717, 1.165) is 31.9 Å². The van der Waals surface area contributed by atoms with Gasteiger partial charge in [-0.25, -0.2) is 0 Å². The van der Waals surface area contributed by atoms with Crippen molar-refractivity contribution in [3.8, 4) is 0 Å². The summed E-state index contributed by atoms with van der Waals surface area (Å²) in [5, 5.41) is 3.19. The van der Waals surface area contributed by atoms with Gasteiger partial charge in [0.1, 0.15) is 0 Å². The third-order valence-electron chi connectivity index (χ3n) is 3.01. The molecule has 0 rings (SSSR count). The van der Waals surface area contributed by atoms with Crippen LogP contribution in [0.4, 0.5) is 13.2 Å². The Kier molecular flexibility index (Phi) is 10.7. The highest BCUT2D eigenvalue weighted by atomic mass is 19.4. The van der Waals surface area contributed by atoms with Crippen LogP contribution in [0.25, 0.3) is 0 Å². The molecular formula is C15H29F3N4. The van der Waals surface area contributed by atoms with Gasteiger partial charge in [-0.3, -0.25) is 9.89 Å². The van der Waals surface area contributed by atoms with E-state index in [4.69, 9.17) is 0 Å². The lowest BCUT2D eigenvalue weighted by atomic mass is 10.3. The Bertz CT molecular complexity index is 329. The third-order valence-corrected chi connectivity index (χ3v) is 3.01. The molecule has 7 heteroatoms. The smallest absolute Gasteiger partial charge is 0.357 e. The summed E-state index contributed by atoms with van der Waals surface area (Å²) in [6.07, 6.45) is 0.291. The van der Waals surface area contributed by atoms with Gasteiger partial charge in [-0.2, -0.15) is 13.2 Å². The van der Waals surface area contributed by atoms with Gasteiger partial charge in [0, 0.05) is 26.7 Å². The molecule has 0 aliphatic heterocycles. The molecule has 0 aromatic heterocycles. The summed E-state index contributed by atoms with van der Waals surface area (Å²) < 4.78 is 36.6. The SMILES string of the molecule is C=CCCCN(C)C(=NCCCN(C)CC(F)(F)F)NCC. The van der Waals surface area contributed by atoms with Crippen LogP contribution in [0.15, 0.2) is 17.6 Å². The highest BCUT2D eigenvalue weighted by Crippen LogP contribution is 2.15. The Balaban J connectivity index is 4.17. The molecule has 4 nitrogen and oxygen atoms in total. The monoisotopic (exact) mass is 322 g/mol. The fraction of sp³-hybridized carbons (Fsp3) is 0.800. The van der Waals surface area contributed by atoms with Crippen LogP contribution in [0.3, 0.4) is 0 Å². The maximum Gasteiger partial charge on any atom is 0.401 e. The summed E-state index contributed by atoms with van der Waals surface area (Å²) >= 11 is 0. The third kappa shape index (κ3) is 11.4. The van der Waals surface area contributed by atoms with Crippen molar-refractivity contribution in [2.45, 2.75) is 32.4 Å². The van der Waals surface area contributed by atoms with Gasteiger partial charge >= 0.3 is 6.18 Å². The molecule has 0 aliphatic rings. The lowest BCUT2D eigenvalue weighted by Gasteiger charge is -2.22. The first-order valence-corrected chi connectivity index (χ1v) is 7.65. The standard InChI is InChI=1S/C15H29F3N4/c1-5-7-8-12-22(4)14(19-6-2)20-10-9-11-21(3)13-15(16,17)18/h5H,1,6-13H2,2-4H3,(H,19,20). The average Bonchev–Trinajstić information content (AvgIpc) is 2.40. The lowest BCUT2D eigenvalue weighted by Crippen LogP contribution is -2.39. The van der Waals surface area contributed by atoms with E-state index in [1.54, 1.807) is 0 Å². The predicted octanol–water partition coefficient (Wildman–Crippen LogP) is 2.73. The van der Waals surface area contributed by atoms with Crippen molar-refractivity contribution in [1.82, 2.24) is 15.1 Å². The van der Waals surface area contributed by atoms with Crippen molar-refractivity contribution in [2.24, 2.45) is 4.99 Å². The van der Waals surface area contributed by atoms with E-state index in [1.165, 1.54) is 11.9 Å². The summed E-state index contributed by atoms with van der Waals surface area (Å²) in [6.45, 7) is 7.32. The molecule has 0 saturated heterocycles. The minimum atomic E-state index is -4.14. The van der Waals surface area contributed by atoms with Crippen LogP contribution in [0.2, 0.25) is 0 Å². The fourth-order valence-corrected chi connectivity index (χ4v) is 1.96. The van der Waals surface area contributed by atoms with Crippen LogP contribution in [-0.4, -0.2) is 68.8 Å². The molecule has 0 aromatic rings. The first-order valence-electron chi connectivity index (χ1n) is 7.65. The van der Waals surface area contributed by atoms with Crippen LogP contribution in [0, 0.1) is 0 Å². The molecule has 0 bridgehead atoms. The van der Waals surface area contributed by atoms with E-state index in [9.17, 15) is 13.2 Å². The summed E-state index contributed by atoms with van der Waals surface area (Å²) in [5.74, 6) is 0.796. The number of rotatable bonds is 10. The Morgan fingerprint density at radius 1 is 1.23 bits per heavy atom. The number of aliphatic imine (C=N–C) groups is 1. The van der Waals surface area contributed by atoms with Crippen LogP contribution >= 0.6 is 0 Å². The summed E-state index contributed by atoms with van der Waals surface area (Å²) in [6, 6.07) is 0. The predicted molar refractivity (Wildman–Crippen MR) is 86.2 cm³/mol. The Morgan fingerprint density at radius 2 is 1.91 bits per heavy atom. The molecule has 0 saturated carbocycles. The maximum absolute atomic E-state index is 12.2. The molecule has 22 heavy (non-hydrogen) atoms. The minimum Gasteiger partial charge on any atom is -0.357 e. The number of guanidine groups is 1. The van der Waals surface area contributed by atoms with Gasteiger partial charge < -0.3 is 10.2 Å². The second-order valence-corrected chi connectivity index (χ2v) is 5.29. The van der Waals surface area contributed by atoms with Gasteiger partial charge in [0.2, 0.25) is 0 Å². The minimum absolute atomic E-state index is 0.378. The number of allylic oxidation sites excluding steroid dienone is 1. The van der Waals surface area contributed by atoms with Crippen molar-refractivity contribution in [3.05, 3.63) is 12.7 Å². The summed E-state index contributed by atoms with van der Waals surface area (Å²) in [7, 11) is 3.43. The first-order chi connectivity index (χ1) is 10.3. The Morgan fingerprint density at radius 3 is 2.45 bits per heavy atom. The molecule has 1 N–H and O–H groups in total. The number of hydrogen-bond acceptors (Lipinski definition) is 2. The number of hydrogen-bond donors (Lipinski definition) is 1. The molecule has 0 radical (unpaired) electrons. The van der Waals surface area contributed by atoms with E-state index in [2.05, 4.69) is 16.9 Å². The van der Waals surface area contributed by atoms with Crippen molar-refractivity contribution >= 4 is 5.96 Å². The number of halogens is 3. The van der Waals surface area contributed by atoms with Crippen LogP contribution in [0.5, 0.6) is 0 Å². The number of unbranched alkanes of at least 4 members (excludes halogenated alkanes) is 1. The molecule has 0 aromatic carbocycles. The summed E-state index contributed by atoms with van der Waals surface area (Å²) in [5.41, 5.74) is 0. The molecular weight excluding hydrogens is 293 g/mol. The quantitative estimate of drug-likeness (QED) is 0.290. The number of alkyl halides is 3. The molecule has 0 spiro atoms. The highest BCUT2D eigenvalue weighted by molar-refractivity contribution is 5.79. The zero-order valence-electron chi connectivity index (χ0n) is 13.9.